The molecule has 1 aliphatic heterocycles. The fraction of sp³-hybridized carbons (Fsp3) is 0.929. The van der Waals surface area contributed by atoms with Crippen LogP contribution in [-0.2, 0) is 9.53 Å². The van der Waals surface area contributed by atoms with Gasteiger partial charge in [0.15, 0.2) is 0 Å². The minimum atomic E-state index is -0.0230. The molecule has 1 unspecified atom stereocenters. The first-order valence-corrected chi connectivity index (χ1v) is 7.43. The third-order valence-corrected chi connectivity index (χ3v) is 3.77. The summed E-state index contributed by atoms with van der Waals surface area (Å²) in [6.07, 6.45) is 3.14. The number of hydrogen-bond acceptors (Lipinski definition) is 4. The predicted molar refractivity (Wildman–Crippen MR) is 77.2 cm³/mol. The zero-order valence-electron chi connectivity index (χ0n) is 12.6. The summed E-state index contributed by atoms with van der Waals surface area (Å²) in [5.41, 5.74) is 0. The molecule has 112 valence electrons. The summed E-state index contributed by atoms with van der Waals surface area (Å²) in [5.74, 6) is 0.137. The van der Waals surface area contributed by atoms with E-state index in [2.05, 4.69) is 22.5 Å². The van der Waals surface area contributed by atoms with E-state index in [1.54, 1.807) is 7.11 Å². The molecular formula is C14H29N3O2. The molecule has 1 saturated heterocycles. The Balaban J connectivity index is 2.22. The minimum Gasteiger partial charge on any atom is -0.385 e. The van der Waals surface area contributed by atoms with Gasteiger partial charge in [0.2, 0.25) is 5.91 Å². The summed E-state index contributed by atoms with van der Waals surface area (Å²) >= 11 is 0. The molecule has 19 heavy (non-hydrogen) atoms. The molecule has 1 heterocycles. The van der Waals surface area contributed by atoms with Crippen LogP contribution >= 0.6 is 0 Å². The topological polar surface area (TPSA) is 53.6 Å². The van der Waals surface area contributed by atoms with Crippen molar-refractivity contribution in [1.29, 1.82) is 0 Å². The fourth-order valence-corrected chi connectivity index (χ4v) is 2.52. The van der Waals surface area contributed by atoms with Crippen molar-refractivity contribution in [3.8, 4) is 0 Å². The Hall–Kier alpha value is -0.650. The van der Waals surface area contributed by atoms with Crippen molar-refractivity contribution in [3.05, 3.63) is 0 Å². The molecule has 0 radical (unpaired) electrons. The molecule has 1 amide bonds. The predicted octanol–water partition coefficient (Wildman–Crippen LogP) is 0.602. The number of rotatable bonds is 8. The highest BCUT2D eigenvalue weighted by atomic mass is 16.5. The third kappa shape index (κ3) is 5.89. The van der Waals surface area contributed by atoms with E-state index < -0.39 is 0 Å². The van der Waals surface area contributed by atoms with E-state index in [0.29, 0.717) is 19.2 Å². The summed E-state index contributed by atoms with van der Waals surface area (Å²) in [5, 5.41) is 6.46. The monoisotopic (exact) mass is 271 g/mol. The molecule has 1 fully saturated rings. The lowest BCUT2D eigenvalue weighted by Gasteiger charge is -2.35. The van der Waals surface area contributed by atoms with Crippen molar-refractivity contribution in [1.82, 2.24) is 15.5 Å². The molecule has 1 atom stereocenters. The van der Waals surface area contributed by atoms with Gasteiger partial charge in [0.05, 0.1) is 6.04 Å². The van der Waals surface area contributed by atoms with Crippen molar-refractivity contribution in [2.45, 2.75) is 45.2 Å². The molecule has 0 aromatic carbocycles. The highest BCUT2D eigenvalue weighted by Gasteiger charge is 2.25. The average Bonchev–Trinajstić information content (AvgIpc) is 2.44. The number of piperidine rings is 1. The molecule has 2 N–H and O–H groups in total. The summed E-state index contributed by atoms with van der Waals surface area (Å²) < 4.78 is 4.97. The molecule has 5 heteroatoms. The maximum absolute atomic E-state index is 12.0. The first-order valence-electron chi connectivity index (χ1n) is 7.43. The Kier molecular flexibility index (Phi) is 8.02. The Bertz CT molecular complexity index is 253. The van der Waals surface area contributed by atoms with Crippen LogP contribution in [0.2, 0.25) is 0 Å². The fourth-order valence-electron chi connectivity index (χ4n) is 2.52. The molecule has 0 aromatic heterocycles. The Morgan fingerprint density at radius 1 is 1.42 bits per heavy atom. The van der Waals surface area contributed by atoms with E-state index in [9.17, 15) is 4.79 Å². The number of nitrogens with one attached hydrogen (secondary N) is 2. The number of likely N-dealkylation sites (tertiary alicyclic amines) is 1. The molecule has 0 spiro atoms. The van der Waals surface area contributed by atoms with Crippen LogP contribution in [0.25, 0.3) is 0 Å². The van der Waals surface area contributed by atoms with Crippen LogP contribution in [-0.4, -0.2) is 62.8 Å². The van der Waals surface area contributed by atoms with Crippen LogP contribution < -0.4 is 10.6 Å². The Labute approximate surface area is 117 Å². The maximum atomic E-state index is 12.0. The van der Waals surface area contributed by atoms with E-state index in [4.69, 9.17) is 4.74 Å². The van der Waals surface area contributed by atoms with E-state index in [1.807, 2.05) is 6.92 Å². The molecule has 5 nitrogen and oxygen atoms in total. The lowest BCUT2D eigenvalue weighted by atomic mass is 10.0. The lowest BCUT2D eigenvalue weighted by molar-refractivity contribution is -0.126. The molecule has 1 rings (SSSR count). The minimum absolute atomic E-state index is 0.0230. The van der Waals surface area contributed by atoms with E-state index in [0.717, 1.165) is 38.9 Å². The third-order valence-electron chi connectivity index (χ3n) is 3.77. The van der Waals surface area contributed by atoms with Gasteiger partial charge in [-0.25, -0.2) is 0 Å². The molecular weight excluding hydrogens is 242 g/mol. The van der Waals surface area contributed by atoms with Crippen LogP contribution in [0.4, 0.5) is 0 Å². The second-order valence-electron chi connectivity index (χ2n) is 5.18. The number of carbonyl (C=O) groups excluding carboxylic acids is 1. The second-order valence-corrected chi connectivity index (χ2v) is 5.18. The Morgan fingerprint density at radius 3 is 2.68 bits per heavy atom. The van der Waals surface area contributed by atoms with Gasteiger partial charge in [-0.15, -0.1) is 0 Å². The SMILES string of the molecule is CCNC1CCN(C(C)C(=O)NCCCOC)CC1. The van der Waals surface area contributed by atoms with Gasteiger partial charge in [-0.1, -0.05) is 6.92 Å². The summed E-state index contributed by atoms with van der Waals surface area (Å²) in [4.78, 5) is 14.3. The summed E-state index contributed by atoms with van der Waals surface area (Å²) in [6.45, 7) is 8.57. The normalized spacial score (nSPS) is 19.3. The number of carbonyl (C=O) groups is 1. The molecule has 1 aliphatic rings. The van der Waals surface area contributed by atoms with Gasteiger partial charge in [-0.2, -0.15) is 0 Å². The van der Waals surface area contributed by atoms with Crippen LogP contribution in [0.3, 0.4) is 0 Å². The highest BCUT2D eigenvalue weighted by molar-refractivity contribution is 5.81. The standard InChI is InChI=1S/C14H29N3O2/c1-4-15-13-6-9-17(10-7-13)12(2)14(18)16-8-5-11-19-3/h12-13,15H,4-11H2,1-3H3,(H,16,18). The molecule has 0 aliphatic carbocycles. The van der Waals surface area contributed by atoms with Gasteiger partial charge in [-0.3, -0.25) is 9.69 Å². The van der Waals surface area contributed by atoms with E-state index >= 15 is 0 Å². The Morgan fingerprint density at radius 2 is 2.11 bits per heavy atom. The number of nitrogens with zero attached hydrogens (tertiary/aromatic N) is 1. The zero-order valence-corrected chi connectivity index (χ0v) is 12.6. The molecule has 0 aromatic rings. The van der Waals surface area contributed by atoms with Gasteiger partial charge in [0.25, 0.3) is 0 Å². The van der Waals surface area contributed by atoms with Gasteiger partial charge in [0.1, 0.15) is 0 Å². The molecule has 0 bridgehead atoms. The van der Waals surface area contributed by atoms with Gasteiger partial charge in [0, 0.05) is 39.4 Å². The maximum Gasteiger partial charge on any atom is 0.237 e. The molecule has 0 saturated carbocycles. The number of methoxy groups -OCH3 is 1. The van der Waals surface area contributed by atoms with Crippen molar-refractivity contribution in [3.63, 3.8) is 0 Å². The van der Waals surface area contributed by atoms with E-state index in [1.165, 1.54) is 0 Å². The van der Waals surface area contributed by atoms with Crippen molar-refractivity contribution in [2.75, 3.05) is 39.9 Å². The van der Waals surface area contributed by atoms with E-state index in [-0.39, 0.29) is 11.9 Å². The smallest absolute Gasteiger partial charge is 0.237 e. The zero-order chi connectivity index (χ0) is 14.1. The van der Waals surface area contributed by atoms with Crippen LogP contribution in [0.1, 0.15) is 33.1 Å². The number of ether oxygens (including phenoxy) is 1. The second kappa shape index (κ2) is 9.28. The van der Waals surface area contributed by atoms with Gasteiger partial charge in [-0.05, 0) is 32.7 Å². The average molecular weight is 271 g/mol. The summed E-state index contributed by atoms with van der Waals surface area (Å²) in [6, 6.07) is 0.600. The van der Waals surface area contributed by atoms with Crippen molar-refractivity contribution < 1.29 is 9.53 Å². The van der Waals surface area contributed by atoms with Crippen LogP contribution in [0.15, 0.2) is 0 Å². The number of hydrogen-bond donors (Lipinski definition) is 2. The van der Waals surface area contributed by atoms with Crippen LogP contribution in [0.5, 0.6) is 0 Å². The lowest BCUT2D eigenvalue weighted by Crippen LogP contribution is -2.51. The first-order chi connectivity index (χ1) is 9.19. The first kappa shape index (κ1) is 16.4. The van der Waals surface area contributed by atoms with Gasteiger partial charge < -0.3 is 15.4 Å². The largest absolute Gasteiger partial charge is 0.385 e. The number of amides is 1. The van der Waals surface area contributed by atoms with Gasteiger partial charge >= 0.3 is 0 Å². The summed E-state index contributed by atoms with van der Waals surface area (Å²) in [7, 11) is 1.68. The highest BCUT2D eigenvalue weighted by Crippen LogP contribution is 2.13. The van der Waals surface area contributed by atoms with Crippen molar-refractivity contribution >= 4 is 5.91 Å². The van der Waals surface area contributed by atoms with Crippen LogP contribution in [0, 0.1) is 0 Å². The quantitative estimate of drug-likeness (QED) is 0.635. The van der Waals surface area contributed by atoms with Crippen molar-refractivity contribution in [2.24, 2.45) is 0 Å².